The molecule has 5 atom stereocenters. The minimum atomic E-state index is -1.49. The van der Waals surface area contributed by atoms with Gasteiger partial charge in [0.05, 0.1) is 12.8 Å². The lowest BCUT2D eigenvalue weighted by Crippen LogP contribution is -2.59. The number of benzene rings is 1. The summed E-state index contributed by atoms with van der Waals surface area (Å²) in [6, 6.07) is 8.11. The van der Waals surface area contributed by atoms with E-state index >= 15 is 0 Å². The summed E-state index contributed by atoms with van der Waals surface area (Å²) in [7, 11) is 0. The zero-order valence-electron chi connectivity index (χ0n) is 12.1. The summed E-state index contributed by atoms with van der Waals surface area (Å²) in [4.78, 5) is 11.6. The molecular formula is C14H19N3O6. The Morgan fingerprint density at radius 2 is 1.87 bits per heavy atom. The number of hydrazone groups is 1. The lowest BCUT2D eigenvalue weighted by Gasteiger charge is -2.38. The van der Waals surface area contributed by atoms with E-state index in [-0.39, 0.29) is 0 Å². The van der Waals surface area contributed by atoms with Crippen molar-refractivity contribution >= 4 is 17.9 Å². The number of nitrogens with one attached hydrogen (secondary N) is 2. The van der Waals surface area contributed by atoms with Crippen LogP contribution in [0.1, 0.15) is 0 Å². The first-order valence-electron chi connectivity index (χ1n) is 6.98. The molecule has 0 unspecified atom stereocenters. The van der Waals surface area contributed by atoms with Gasteiger partial charge < -0.3 is 30.5 Å². The van der Waals surface area contributed by atoms with E-state index in [9.17, 15) is 20.1 Å². The Balaban J connectivity index is 1.88. The van der Waals surface area contributed by atoms with Crippen molar-refractivity contribution < 1.29 is 30.0 Å². The van der Waals surface area contributed by atoms with E-state index in [0.717, 1.165) is 6.21 Å². The van der Waals surface area contributed by atoms with Crippen molar-refractivity contribution in [2.75, 3.05) is 11.9 Å². The van der Waals surface area contributed by atoms with Crippen molar-refractivity contribution in [3.8, 4) is 0 Å². The zero-order chi connectivity index (χ0) is 16.8. The molecule has 0 spiro atoms. The fraction of sp³-hybridized carbons (Fsp3) is 0.429. The van der Waals surface area contributed by atoms with Gasteiger partial charge in [0.15, 0.2) is 0 Å². The third-order valence-corrected chi connectivity index (χ3v) is 3.35. The maximum Gasteiger partial charge on any atom is 0.339 e. The summed E-state index contributed by atoms with van der Waals surface area (Å²) < 4.78 is 5.20. The molecule has 1 fully saturated rings. The molecule has 1 saturated heterocycles. The van der Waals surface area contributed by atoms with Crippen molar-refractivity contribution in [3.05, 3.63) is 30.3 Å². The molecule has 2 rings (SSSR count). The molecule has 1 aromatic carbocycles. The second-order valence-corrected chi connectivity index (χ2v) is 5.00. The normalized spacial score (nSPS) is 31.0. The number of carbonyl (C=O) groups is 1. The van der Waals surface area contributed by atoms with Crippen LogP contribution in [0.3, 0.4) is 0 Å². The maximum absolute atomic E-state index is 11.6. The second-order valence-electron chi connectivity index (χ2n) is 5.00. The number of para-hydroxylation sites is 1. The van der Waals surface area contributed by atoms with Crippen LogP contribution in [0.2, 0.25) is 0 Å². The van der Waals surface area contributed by atoms with E-state index in [1.807, 2.05) is 0 Å². The molecule has 9 nitrogen and oxygen atoms in total. The molecule has 1 heterocycles. The molecule has 0 bridgehead atoms. The monoisotopic (exact) mass is 325 g/mol. The Hall–Kier alpha value is -2.04. The third-order valence-electron chi connectivity index (χ3n) is 3.35. The first kappa shape index (κ1) is 17.3. The van der Waals surface area contributed by atoms with Crippen LogP contribution in [0.15, 0.2) is 35.4 Å². The standard InChI is InChI=1S/C14H19N3O6/c18-7-10-12(20)13(21)11(19)9(23-10)6-15-17-14(22)16-8-4-2-1-3-5-8/h1-6,9-13,18-21H,7H2,(H2,16,17,22)/b15-6+/t9-,10+,11-,12+,13+/m0/s1. The number of aliphatic hydroxyl groups is 4. The summed E-state index contributed by atoms with van der Waals surface area (Å²) in [5, 5.41) is 44.3. The van der Waals surface area contributed by atoms with Crippen molar-refractivity contribution in [1.82, 2.24) is 5.43 Å². The topological polar surface area (TPSA) is 144 Å². The fourth-order valence-electron chi connectivity index (χ4n) is 2.10. The molecule has 0 radical (unpaired) electrons. The molecule has 23 heavy (non-hydrogen) atoms. The average Bonchev–Trinajstić information content (AvgIpc) is 2.56. The van der Waals surface area contributed by atoms with Crippen molar-refractivity contribution in [2.24, 2.45) is 5.10 Å². The van der Waals surface area contributed by atoms with E-state index in [4.69, 9.17) is 9.84 Å². The minimum Gasteiger partial charge on any atom is -0.394 e. The van der Waals surface area contributed by atoms with Gasteiger partial charge in [0.2, 0.25) is 0 Å². The maximum atomic E-state index is 11.6. The summed E-state index contributed by atoms with van der Waals surface area (Å²) in [5.41, 5.74) is 2.76. The number of rotatable bonds is 4. The number of hydrogen-bond acceptors (Lipinski definition) is 7. The van der Waals surface area contributed by atoms with Crippen molar-refractivity contribution in [3.63, 3.8) is 0 Å². The summed E-state index contributed by atoms with van der Waals surface area (Å²) >= 11 is 0. The largest absolute Gasteiger partial charge is 0.394 e. The van der Waals surface area contributed by atoms with Crippen LogP contribution < -0.4 is 10.7 Å². The molecule has 0 aliphatic carbocycles. The minimum absolute atomic E-state index is 0.531. The molecule has 6 N–H and O–H groups in total. The van der Waals surface area contributed by atoms with Crippen LogP contribution in [0.25, 0.3) is 0 Å². The highest BCUT2D eigenvalue weighted by atomic mass is 16.5. The predicted molar refractivity (Wildman–Crippen MR) is 80.9 cm³/mol. The molecule has 9 heteroatoms. The molecule has 2 amide bonds. The second kappa shape index (κ2) is 7.99. The first-order chi connectivity index (χ1) is 11.0. The van der Waals surface area contributed by atoms with Gasteiger partial charge in [-0.25, -0.2) is 10.2 Å². The Kier molecular flexibility index (Phi) is 6.02. The molecule has 1 aromatic rings. The molecular weight excluding hydrogens is 306 g/mol. The van der Waals surface area contributed by atoms with Crippen LogP contribution in [-0.2, 0) is 4.74 Å². The number of hydrogen-bond donors (Lipinski definition) is 6. The Morgan fingerprint density at radius 3 is 2.52 bits per heavy atom. The number of aliphatic hydroxyl groups excluding tert-OH is 4. The lowest BCUT2D eigenvalue weighted by molar-refractivity contribution is -0.210. The van der Waals surface area contributed by atoms with Crippen molar-refractivity contribution in [1.29, 1.82) is 0 Å². The summed E-state index contributed by atoms with van der Waals surface area (Å²) in [6.45, 7) is -0.531. The number of carbonyl (C=O) groups excluding carboxylic acids is 1. The van der Waals surface area contributed by atoms with Crippen LogP contribution in [0.5, 0.6) is 0 Å². The molecule has 0 aromatic heterocycles. The molecule has 0 saturated carbocycles. The highest BCUT2D eigenvalue weighted by Crippen LogP contribution is 2.19. The van der Waals surface area contributed by atoms with E-state index in [1.165, 1.54) is 0 Å². The quantitative estimate of drug-likeness (QED) is 0.298. The van der Waals surface area contributed by atoms with Crippen LogP contribution >= 0.6 is 0 Å². The number of anilines is 1. The number of amides is 2. The SMILES string of the molecule is O=C(N/N=C/[C@@H]1O[C@H](CO)[C@@H](O)[C@H](O)[C@H]1O)Nc1ccccc1. The molecule has 1 aliphatic heterocycles. The van der Waals surface area contributed by atoms with Gasteiger partial charge in [-0.15, -0.1) is 0 Å². The van der Waals surface area contributed by atoms with Gasteiger partial charge in [0, 0.05) is 5.69 Å². The molecule has 126 valence electrons. The average molecular weight is 325 g/mol. The fourth-order valence-corrected chi connectivity index (χ4v) is 2.10. The van der Waals surface area contributed by atoms with Crippen molar-refractivity contribution in [2.45, 2.75) is 30.5 Å². The first-order valence-corrected chi connectivity index (χ1v) is 6.98. The highest BCUT2D eigenvalue weighted by Gasteiger charge is 2.42. The Morgan fingerprint density at radius 1 is 1.17 bits per heavy atom. The lowest BCUT2D eigenvalue weighted by atomic mass is 9.96. The molecule has 1 aliphatic rings. The van der Waals surface area contributed by atoms with Crippen LogP contribution in [0.4, 0.5) is 10.5 Å². The van der Waals surface area contributed by atoms with Gasteiger partial charge >= 0.3 is 6.03 Å². The number of nitrogens with zero attached hydrogens (tertiary/aromatic N) is 1. The third kappa shape index (κ3) is 4.47. The van der Waals surface area contributed by atoms with Gasteiger partial charge in [-0.05, 0) is 12.1 Å². The van der Waals surface area contributed by atoms with E-state index in [1.54, 1.807) is 30.3 Å². The summed E-state index contributed by atoms with van der Waals surface area (Å²) in [5.74, 6) is 0. The van der Waals surface area contributed by atoms with Gasteiger partial charge in [-0.3, -0.25) is 0 Å². The highest BCUT2D eigenvalue weighted by molar-refractivity contribution is 5.89. The number of ether oxygens (including phenoxy) is 1. The van der Waals surface area contributed by atoms with E-state index in [0.29, 0.717) is 5.69 Å². The smallest absolute Gasteiger partial charge is 0.339 e. The van der Waals surface area contributed by atoms with Gasteiger partial charge in [0.1, 0.15) is 30.5 Å². The van der Waals surface area contributed by atoms with Gasteiger partial charge in [-0.2, -0.15) is 5.10 Å². The van der Waals surface area contributed by atoms with Gasteiger partial charge in [-0.1, -0.05) is 18.2 Å². The Bertz CT molecular complexity index is 539. The number of urea groups is 1. The zero-order valence-corrected chi connectivity index (χ0v) is 12.1. The van der Waals surface area contributed by atoms with E-state index < -0.39 is 43.2 Å². The van der Waals surface area contributed by atoms with Crippen LogP contribution in [-0.4, -0.2) is 69.8 Å². The summed E-state index contributed by atoms with van der Waals surface area (Å²) in [6.07, 6.45) is -5.39. The Labute approximate surface area is 132 Å². The van der Waals surface area contributed by atoms with E-state index in [2.05, 4.69) is 15.8 Å². The van der Waals surface area contributed by atoms with Crippen LogP contribution in [0, 0.1) is 0 Å². The predicted octanol–water partition coefficient (Wildman–Crippen LogP) is -1.36. The van der Waals surface area contributed by atoms with Gasteiger partial charge in [0.25, 0.3) is 0 Å².